The number of pyridine rings is 1. The van der Waals surface area contributed by atoms with Gasteiger partial charge in [-0.15, -0.1) is 0 Å². The van der Waals surface area contributed by atoms with Crippen LogP contribution in [0.3, 0.4) is 0 Å². The summed E-state index contributed by atoms with van der Waals surface area (Å²) in [6, 6.07) is 1.58. The molecule has 0 saturated carbocycles. The summed E-state index contributed by atoms with van der Waals surface area (Å²) in [5.41, 5.74) is 7.36. The average molecular weight is 211 g/mol. The molecule has 4 N–H and O–H groups in total. The number of nitrogen functional groups attached to an aromatic ring is 1. The first-order valence-electron chi connectivity index (χ1n) is 4.75. The quantitative estimate of drug-likeness (QED) is 0.656. The highest BCUT2D eigenvalue weighted by atomic mass is 16.5. The van der Waals surface area contributed by atoms with Crippen LogP contribution in [0, 0.1) is 6.92 Å². The number of nitrogens with two attached hydrogens (primary N) is 1. The van der Waals surface area contributed by atoms with Crippen molar-refractivity contribution in [3.8, 4) is 0 Å². The molecule has 0 bridgehead atoms. The normalized spacial score (nSPS) is 12.5. The molecule has 0 aliphatic rings. The van der Waals surface area contributed by atoms with Crippen LogP contribution in [0.1, 0.15) is 5.56 Å². The number of aliphatic hydroxyl groups excluding tert-OH is 1. The van der Waals surface area contributed by atoms with Crippen molar-refractivity contribution in [1.82, 2.24) is 4.98 Å². The van der Waals surface area contributed by atoms with Crippen LogP contribution in [0.4, 0.5) is 11.5 Å². The topological polar surface area (TPSA) is 80.4 Å². The van der Waals surface area contributed by atoms with Gasteiger partial charge in [-0.05, 0) is 12.5 Å². The molecule has 0 saturated heterocycles. The summed E-state index contributed by atoms with van der Waals surface area (Å²) in [6.45, 7) is 2.31. The maximum absolute atomic E-state index is 9.04. The number of aryl methyl sites for hydroxylation is 1. The highest BCUT2D eigenvalue weighted by molar-refractivity contribution is 5.53. The molecule has 0 fully saturated rings. The third-order valence-corrected chi connectivity index (χ3v) is 2.09. The standard InChI is InChI=1S/C10H17N3O2/c1-7-4-12-10(3-9(7)11)13-8(5-14)6-15-2/h3-4,8,14H,5-6H2,1-2H3,(H3,11,12,13). The number of hydrogen-bond acceptors (Lipinski definition) is 5. The molecular formula is C10H17N3O2. The van der Waals surface area contributed by atoms with Crippen molar-refractivity contribution in [3.63, 3.8) is 0 Å². The lowest BCUT2D eigenvalue weighted by atomic mass is 10.2. The second-order valence-electron chi connectivity index (χ2n) is 3.41. The Hall–Kier alpha value is -1.33. The van der Waals surface area contributed by atoms with Gasteiger partial charge in [-0.3, -0.25) is 0 Å². The first-order valence-corrected chi connectivity index (χ1v) is 4.75. The summed E-state index contributed by atoms with van der Waals surface area (Å²) >= 11 is 0. The fraction of sp³-hybridized carbons (Fsp3) is 0.500. The van der Waals surface area contributed by atoms with E-state index in [0.717, 1.165) is 5.56 Å². The van der Waals surface area contributed by atoms with Crippen LogP contribution in [0.5, 0.6) is 0 Å². The summed E-state index contributed by atoms with van der Waals surface area (Å²) in [5, 5.41) is 12.1. The van der Waals surface area contributed by atoms with Gasteiger partial charge < -0.3 is 20.9 Å². The largest absolute Gasteiger partial charge is 0.398 e. The van der Waals surface area contributed by atoms with Gasteiger partial charge in [-0.25, -0.2) is 4.98 Å². The third kappa shape index (κ3) is 3.38. The Morgan fingerprint density at radius 1 is 1.67 bits per heavy atom. The van der Waals surface area contributed by atoms with Gasteiger partial charge in [0.15, 0.2) is 0 Å². The molecule has 5 heteroatoms. The predicted octanol–water partition coefficient (Wildman–Crippen LogP) is 0.391. The van der Waals surface area contributed by atoms with E-state index in [1.807, 2.05) is 6.92 Å². The summed E-state index contributed by atoms with van der Waals surface area (Å²) < 4.78 is 4.94. The minimum atomic E-state index is -0.162. The average Bonchev–Trinajstić information content (AvgIpc) is 2.23. The molecule has 0 radical (unpaired) electrons. The van der Waals surface area contributed by atoms with E-state index < -0.39 is 0 Å². The van der Waals surface area contributed by atoms with Gasteiger partial charge in [-0.1, -0.05) is 0 Å². The number of nitrogens with zero attached hydrogens (tertiary/aromatic N) is 1. The Balaban J connectivity index is 2.66. The zero-order valence-electron chi connectivity index (χ0n) is 9.03. The molecule has 1 atom stereocenters. The number of rotatable bonds is 5. The monoisotopic (exact) mass is 211 g/mol. The zero-order chi connectivity index (χ0) is 11.3. The van der Waals surface area contributed by atoms with Crippen molar-refractivity contribution in [2.24, 2.45) is 0 Å². The smallest absolute Gasteiger partial charge is 0.128 e. The Morgan fingerprint density at radius 2 is 2.40 bits per heavy atom. The van der Waals surface area contributed by atoms with Crippen LogP contribution in [0.15, 0.2) is 12.3 Å². The molecule has 0 aliphatic heterocycles. The van der Waals surface area contributed by atoms with Crippen LogP contribution in [-0.2, 0) is 4.74 Å². The predicted molar refractivity (Wildman–Crippen MR) is 59.8 cm³/mol. The molecule has 1 rings (SSSR count). The fourth-order valence-electron chi connectivity index (χ4n) is 1.17. The Morgan fingerprint density at radius 3 is 2.93 bits per heavy atom. The summed E-state index contributed by atoms with van der Waals surface area (Å²) in [4.78, 5) is 4.15. The van der Waals surface area contributed by atoms with Gasteiger partial charge in [0.2, 0.25) is 0 Å². The van der Waals surface area contributed by atoms with Crippen LogP contribution >= 0.6 is 0 Å². The minimum Gasteiger partial charge on any atom is -0.398 e. The Kier molecular flexibility index (Phi) is 4.33. The molecule has 0 spiro atoms. The highest BCUT2D eigenvalue weighted by Gasteiger charge is 2.07. The number of ether oxygens (including phenoxy) is 1. The van der Waals surface area contributed by atoms with E-state index in [4.69, 9.17) is 15.6 Å². The van der Waals surface area contributed by atoms with E-state index in [0.29, 0.717) is 18.1 Å². The molecule has 1 heterocycles. The van der Waals surface area contributed by atoms with Gasteiger partial charge in [0.1, 0.15) is 5.82 Å². The fourth-order valence-corrected chi connectivity index (χ4v) is 1.17. The second-order valence-corrected chi connectivity index (χ2v) is 3.41. The maximum Gasteiger partial charge on any atom is 0.128 e. The lowest BCUT2D eigenvalue weighted by molar-refractivity contribution is 0.153. The molecule has 0 amide bonds. The highest BCUT2D eigenvalue weighted by Crippen LogP contribution is 2.14. The summed E-state index contributed by atoms with van der Waals surface area (Å²) in [7, 11) is 1.58. The number of hydrogen-bond donors (Lipinski definition) is 3. The van der Waals surface area contributed by atoms with Crippen molar-refractivity contribution in [2.75, 3.05) is 31.4 Å². The van der Waals surface area contributed by atoms with Crippen molar-refractivity contribution in [1.29, 1.82) is 0 Å². The Labute approximate surface area is 89.3 Å². The summed E-state index contributed by atoms with van der Waals surface area (Å²) in [6.07, 6.45) is 1.69. The molecule has 15 heavy (non-hydrogen) atoms. The third-order valence-electron chi connectivity index (χ3n) is 2.09. The SMILES string of the molecule is COCC(CO)Nc1cc(N)c(C)cn1. The van der Waals surface area contributed by atoms with Crippen LogP contribution in [0.2, 0.25) is 0 Å². The minimum absolute atomic E-state index is 0.0106. The number of anilines is 2. The van der Waals surface area contributed by atoms with E-state index in [2.05, 4.69) is 10.3 Å². The number of aliphatic hydroxyl groups is 1. The molecule has 5 nitrogen and oxygen atoms in total. The molecule has 1 aromatic heterocycles. The van der Waals surface area contributed by atoms with Gasteiger partial charge in [0, 0.05) is 25.1 Å². The van der Waals surface area contributed by atoms with Crippen LogP contribution in [0.25, 0.3) is 0 Å². The van der Waals surface area contributed by atoms with Gasteiger partial charge in [0.05, 0.1) is 19.3 Å². The van der Waals surface area contributed by atoms with E-state index >= 15 is 0 Å². The number of aromatic nitrogens is 1. The van der Waals surface area contributed by atoms with Crippen LogP contribution < -0.4 is 11.1 Å². The molecule has 84 valence electrons. The van der Waals surface area contributed by atoms with Crippen molar-refractivity contribution >= 4 is 11.5 Å². The molecule has 0 aromatic carbocycles. The molecule has 1 unspecified atom stereocenters. The van der Waals surface area contributed by atoms with E-state index in [1.54, 1.807) is 19.4 Å². The maximum atomic E-state index is 9.04. The molecule has 1 aromatic rings. The van der Waals surface area contributed by atoms with Crippen molar-refractivity contribution in [3.05, 3.63) is 17.8 Å². The van der Waals surface area contributed by atoms with Crippen molar-refractivity contribution in [2.45, 2.75) is 13.0 Å². The zero-order valence-corrected chi connectivity index (χ0v) is 9.03. The number of nitrogens with one attached hydrogen (secondary N) is 1. The van der Waals surface area contributed by atoms with Gasteiger partial charge >= 0.3 is 0 Å². The summed E-state index contributed by atoms with van der Waals surface area (Å²) in [5.74, 6) is 0.647. The van der Waals surface area contributed by atoms with Gasteiger partial charge in [0.25, 0.3) is 0 Å². The molecular weight excluding hydrogens is 194 g/mol. The lowest BCUT2D eigenvalue weighted by Crippen LogP contribution is -2.29. The Bertz CT molecular complexity index is 318. The van der Waals surface area contributed by atoms with Crippen LogP contribution in [-0.4, -0.2) is 36.5 Å². The number of methoxy groups -OCH3 is 1. The van der Waals surface area contributed by atoms with E-state index in [1.165, 1.54) is 0 Å². The van der Waals surface area contributed by atoms with E-state index in [9.17, 15) is 0 Å². The first kappa shape index (κ1) is 11.7. The van der Waals surface area contributed by atoms with E-state index in [-0.39, 0.29) is 12.6 Å². The lowest BCUT2D eigenvalue weighted by Gasteiger charge is -2.16. The van der Waals surface area contributed by atoms with Gasteiger partial charge in [-0.2, -0.15) is 0 Å². The second kappa shape index (κ2) is 5.53. The first-order chi connectivity index (χ1) is 7.17. The van der Waals surface area contributed by atoms with Crippen molar-refractivity contribution < 1.29 is 9.84 Å². The molecule has 0 aliphatic carbocycles.